The lowest BCUT2D eigenvalue weighted by molar-refractivity contribution is -0.130. The molecule has 0 aliphatic carbocycles. The molecule has 1 atom stereocenters. The van der Waals surface area contributed by atoms with E-state index in [0.29, 0.717) is 22.4 Å². The minimum atomic E-state index is -0.504. The van der Waals surface area contributed by atoms with Crippen LogP contribution in [0.2, 0.25) is 5.02 Å². The molecule has 2 aromatic carbocycles. The number of nitrogens with one attached hydrogen (secondary N) is 1. The predicted octanol–water partition coefficient (Wildman–Crippen LogP) is 3.62. The number of rotatable bonds is 5. The zero-order valence-electron chi connectivity index (χ0n) is 15.5. The first-order chi connectivity index (χ1) is 13.5. The lowest BCUT2D eigenvalue weighted by Crippen LogP contribution is -2.45. The van der Waals surface area contributed by atoms with Crippen molar-refractivity contribution in [2.24, 2.45) is 4.99 Å². The number of nitrogens with zero attached hydrogens (tertiary/aromatic N) is 2. The Labute approximate surface area is 172 Å². The summed E-state index contributed by atoms with van der Waals surface area (Å²) in [7, 11) is 3.16. The molecule has 28 heavy (non-hydrogen) atoms. The van der Waals surface area contributed by atoms with Gasteiger partial charge in [-0.2, -0.15) is 0 Å². The maximum absolute atomic E-state index is 12.8. The van der Waals surface area contributed by atoms with Crippen molar-refractivity contribution in [1.82, 2.24) is 10.2 Å². The van der Waals surface area contributed by atoms with E-state index >= 15 is 0 Å². The summed E-state index contributed by atoms with van der Waals surface area (Å²) in [6.07, 6.45) is 0.125. The highest BCUT2D eigenvalue weighted by Gasteiger charge is 2.35. The van der Waals surface area contributed by atoms with Gasteiger partial charge < -0.3 is 10.1 Å². The molecule has 1 aliphatic heterocycles. The van der Waals surface area contributed by atoms with Gasteiger partial charge in [-0.25, -0.2) is 4.99 Å². The number of ether oxygens (including phenoxy) is 1. The Balaban J connectivity index is 1.91. The smallest absolute Gasteiger partial charge is 0.233 e. The molecule has 0 bridgehead atoms. The molecule has 6 nitrogen and oxygen atoms in total. The molecule has 2 amide bonds. The molecule has 0 saturated carbocycles. The third-order valence-electron chi connectivity index (χ3n) is 4.23. The Morgan fingerprint density at radius 3 is 2.54 bits per heavy atom. The predicted molar refractivity (Wildman–Crippen MR) is 112 cm³/mol. The summed E-state index contributed by atoms with van der Waals surface area (Å²) in [5, 5.41) is 3.23. The van der Waals surface area contributed by atoms with Gasteiger partial charge in [0.05, 0.1) is 24.6 Å². The summed E-state index contributed by atoms with van der Waals surface area (Å²) in [5.74, 6) is 0.388. The van der Waals surface area contributed by atoms with Gasteiger partial charge in [0.1, 0.15) is 5.75 Å². The van der Waals surface area contributed by atoms with E-state index in [-0.39, 0.29) is 18.2 Å². The summed E-state index contributed by atoms with van der Waals surface area (Å²) in [6.45, 7) is 0.360. The third kappa shape index (κ3) is 4.85. The van der Waals surface area contributed by atoms with Crippen molar-refractivity contribution >= 4 is 46.0 Å². The average molecular weight is 418 g/mol. The molecule has 1 aliphatic rings. The number of amides is 2. The zero-order chi connectivity index (χ0) is 20.1. The van der Waals surface area contributed by atoms with Crippen molar-refractivity contribution in [3.8, 4) is 5.75 Å². The Kier molecular flexibility index (Phi) is 6.59. The molecule has 3 rings (SSSR count). The maximum atomic E-state index is 12.8. The first kappa shape index (κ1) is 20.2. The van der Waals surface area contributed by atoms with Crippen LogP contribution in [-0.2, 0) is 16.1 Å². The molecule has 1 saturated heterocycles. The summed E-state index contributed by atoms with van der Waals surface area (Å²) in [5.41, 5.74) is 1.61. The van der Waals surface area contributed by atoms with Crippen LogP contribution in [0.4, 0.5) is 5.69 Å². The second kappa shape index (κ2) is 9.12. The molecule has 1 fully saturated rings. The summed E-state index contributed by atoms with van der Waals surface area (Å²) in [6, 6.07) is 14.5. The molecule has 146 valence electrons. The zero-order valence-corrected chi connectivity index (χ0v) is 17.1. The highest BCUT2D eigenvalue weighted by Crippen LogP contribution is 2.31. The van der Waals surface area contributed by atoms with Crippen LogP contribution in [0.5, 0.6) is 5.75 Å². The van der Waals surface area contributed by atoms with Crippen LogP contribution < -0.4 is 10.1 Å². The monoisotopic (exact) mass is 417 g/mol. The number of halogens is 1. The Hall–Kier alpha value is -2.51. The van der Waals surface area contributed by atoms with Crippen molar-refractivity contribution < 1.29 is 14.3 Å². The number of benzene rings is 2. The normalized spacial score (nSPS) is 18.2. The maximum Gasteiger partial charge on any atom is 0.233 e. The molecule has 0 radical (unpaired) electrons. The van der Waals surface area contributed by atoms with Crippen LogP contribution in [0.15, 0.2) is 53.5 Å². The van der Waals surface area contributed by atoms with Crippen LogP contribution in [0.3, 0.4) is 0 Å². The molecule has 0 spiro atoms. The van der Waals surface area contributed by atoms with E-state index in [9.17, 15) is 9.59 Å². The van der Waals surface area contributed by atoms with Gasteiger partial charge in [-0.1, -0.05) is 35.5 Å². The number of aliphatic imine (C=N–C) groups is 1. The first-order valence-electron chi connectivity index (χ1n) is 8.66. The molecule has 1 heterocycles. The second-order valence-electron chi connectivity index (χ2n) is 6.12. The largest absolute Gasteiger partial charge is 0.497 e. The minimum absolute atomic E-state index is 0.125. The van der Waals surface area contributed by atoms with E-state index in [1.807, 2.05) is 12.1 Å². The molecule has 8 heteroatoms. The van der Waals surface area contributed by atoms with Crippen LogP contribution in [0.25, 0.3) is 0 Å². The van der Waals surface area contributed by atoms with Gasteiger partial charge in [-0.15, -0.1) is 0 Å². The van der Waals surface area contributed by atoms with Crippen LogP contribution >= 0.6 is 23.4 Å². The highest BCUT2D eigenvalue weighted by molar-refractivity contribution is 8.15. The number of carbonyl (C=O) groups excluding carboxylic acids is 2. The second-order valence-corrected chi connectivity index (χ2v) is 7.73. The molecule has 1 N–H and O–H groups in total. The van der Waals surface area contributed by atoms with E-state index in [0.717, 1.165) is 11.3 Å². The van der Waals surface area contributed by atoms with Crippen molar-refractivity contribution in [2.45, 2.75) is 18.2 Å². The van der Waals surface area contributed by atoms with Crippen LogP contribution in [0, 0.1) is 0 Å². The van der Waals surface area contributed by atoms with Gasteiger partial charge in [-0.05, 0) is 42.0 Å². The van der Waals surface area contributed by atoms with Gasteiger partial charge in [0.2, 0.25) is 11.8 Å². The van der Waals surface area contributed by atoms with Gasteiger partial charge in [0.25, 0.3) is 0 Å². The SMILES string of the molecule is CNC(=O)[C@H]1CC(=O)N(Cc2ccc(Cl)cc2)C(=Nc2ccc(OC)cc2)S1. The van der Waals surface area contributed by atoms with Crippen LogP contribution in [-0.4, -0.2) is 41.3 Å². The summed E-state index contributed by atoms with van der Waals surface area (Å²) in [4.78, 5) is 31.1. The van der Waals surface area contributed by atoms with Gasteiger partial charge in [0, 0.05) is 18.5 Å². The van der Waals surface area contributed by atoms with E-state index in [4.69, 9.17) is 16.3 Å². The lowest BCUT2D eigenvalue weighted by atomic mass is 10.2. The van der Waals surface area contributed by atoms with Gasteiger partial charge in [0.15, 0.2) is 5.17 Å². The van der Waals surface area contributed by atoms with E-state index < -0.39 is 5.25 Å². The van der Waals surface area contributed by atoms with Crippen molar-refractivity contribution in [3.05, 3.63) is 59.1 Å². The minimum Gasteiger partial charge on any atom is -0.497 e. The Bertz CT molecular complexity index is 885. The molecule has 2 aromatic rings. The quantitative estimate of drug-likeness (QED) is 0.806. The molecule has 0 unspecified atom stereocenters. The fourth-order valence-corrected chi connectivity index (χ4v) is 3.98. The standard InChI is InChI=1S/C20H20ClN3O3S/c1-22-19(26)17-11-18(25)24(12-13-3-5-14(21)6-4-13)20(28-17)23-15-7-9-16(27-2)10-8-15/h3-10,17H,11-12H2,1-2H3,(H,22,26)/t17-/m1/s1. The number of carbonyl (C=O) groups is 2. The Morgan fingerprint density at radius 1 is 1.25 bits per heavy atom. The summed E-state index contributed by atoms with van der Waals surface area (Å²) >= 11 is 7.24. The topological polar surface area (TPSA) is 71.0 Å². The van der Waals surface area contributed by atoms with Crippen LogP contribution in [0.1, 0.15) is 12.0 Å². The Morgan fingerprint density at radius 2 is 1.93 bits per heavy atom. The molecule has 0 aromatic heterocycles. The molecular formula is C20H20ClN3O3S. The molecular weight excluding hydrogens is 398 g/mol. The fraction of sp³-hybridized carbons (Fsp3) is 0.250. The van der Waals surface area contributed by atoms with Gasteiger partial charge >= 0.3 is 0 Å². The third-order valence-corrected chi connectivity index (χ3v) is 5.67. The van der Waals surface area contributed by atoms with Crippen molar-refractivity contribution in [2.75, 3.05) is 14.2 Å². The number of hydrogen-bond donors (Lipinski definition) is 1. The van der Waals surface area contributed by atoms with Crippen molar-refractivity contribution in [3.63, 3.8) is 0 Å². The summed E-state index contributed by atoms with van der Waals surface area (Å²) < 4.78 is 5.17. The lowest BCUT2D eigenvalue weighted by Gasteiger charge is -2.31. The number of thioether (sulfide) groups is 1. The van der Waals surface area contributed by atoms with Crippen molar-refractivity contribution in [1.29, 1.82) is 0 Å². The first-order valence-corrected chi connectivity index (χ1v) is 9.91. The van der Waals surface area contributed by atoms with E-state index in [1.54, 1.807) is 55.5 Å². The highest BCUT2D eigenvalue weighted by atomic mass is 35.5. The number of methoxy groups -OCH3 is 1. The van der Waals surface area contributed by atoms with E-state index in [2.05, 4.69) is 10.3 Å². The fourth-order valence-electron chi connectivity index (χ4n) is 2.70. The number of hydrogen-bond acceptors (Lipinski definition) is 5. The van der Waals surface area contributed by atoms with E-state index in [1.165, 1.54) is 11.8 Å². The average Bonchev–Trinajstić information content (AvgIpc) is 2.71. The number of amidine groups is 1. The van der Waals surface area contributed by atoms with Gasteiger partial charge in [-0.3, -0.25) is 14.5 Å².